The molecule has 2 heteroatoms. The Morgan fingerprint density at radius 3 is 2.50 bits per heavy atom. The van der Waals surface area contributed by atoms with E-state index in [1.165, 1.54) is 37.7 Å². The lowest BCUT2D eigenvalue weighted by Gasteiger charge is -2.38. The molecule has 0 atom stereocenters. The minimum atomic E-state index is 0.558. The Morgan fingerprint density at radius 1 is 1.15 bits per heavy atom. The molecule has 1 aliphatic rings. The summed E-state index contributed by atoms with van der Waals surface area (Å²) in [5.74, 6) is 0.996. The topological polar surface area (TPSA) is 21.3 Å². The molecule has 0 spiro atoms. The first-order valence-corrected chi connectivity index (χ1v) is 8.14. The van der Waals surface area contributed by atoms with Gasteiger partial charge in [-0.15, -0.1) is 0 Å². The van der Waals surface area contributed by atoms with Crippen molar-refractivity contribution in [1.29, 1.82) is 0 Å². The van der Waals surface area contributed by atoms with Gasteiger partial charge in [0, 0.05) is 13.1 Å². The Kier molecular flexibility index (Phi) is 5.90. The van der Waals surface area contributed by atoms with Crippen LogP contribution in [0.3, 0.4) is 0 Å². The fourth-order valence-electron chi connectivity index (χ4n) is 2.71. The van der Waals surface area contributed by atoms with Crippen LogP contribution < -0.4 is 10.1 Å². The summed E-state index contributed by atoms with van der Waals surface area (Å²) in [5.41, 5.74) is 1.90. The Bertz CT molecular complexity index is 381. The fraction of sp³-hybridized carbons (Fsp3) is 0.667. The highest BCUT2D eigenvalue weighted by molar-refractivity contribution is 5.27. The molecule has 112 valence electrons. The Morgan fingerprint density at radius 2 is 1.90 bits per heavy atom. The van der Waals surface area contributed by atoms with Gasteiger partial charge in [0.2, 0.25) is 0 Å². The number of rotatable bonds is 9. The second kappa shape index (κ2) is 7.68. The third kappa shape index (κ3) is 4.82. The van der Waals surface area contributed by atoms with Crippen molar-refractivity contribution in [3.8, 4) is 5.75 Å². The highest BCUT2D eigenvalue weighted by atomic mass is 16.5. The molecule has 1 saturated carbocycles. The second-order valence-electron chi connectivity index (χ2n) is 6.47. The zero-order valence-electron chi connectivity index (χ0n) is 13.1. The zero-order chi connectivity index (χ0) is 14.3. The molecular weight excluding hydrogens is 246 g/mol. The van der Waals surface area contributed by atoms with Gasteiger partial charge in [0.05, 0.1) is 6.61 Å². The molecule has 0 amide bonds. The zero-order valence-corrected chi connectivity index (χ0v) is 13.1. The minimum absolute atomic E-state index is 0.558. The van der Waals surface area contributed by atoms with Crippen LogP contribution in [0.1, 0.15) is 57.9 Å². The van der Waals surface area contributed by atoms with E-state index in [0.717, 1.165) is 31.9 Å². The molecule has 0 radical (unpaired) electrons. The molecule has 0 unspecified atom stereocenters. The summed E-state index contributed by atoms with van der Waals surface area (Å²) in [7, 11) is 0. The van der Waals surface area contributed by atoms with Crippen LogP contribution in [0, 0.1) is 5.41 Å². The average molecular weight is 275 g/mol. The molecule has 0 heterocycles. The van der Waals surface area contributed by atoms with Gasteiger partial charge in [-0.3, -0.25) is 0 Å². The Balaban J connectivity index is 1.65. The second-order valence-corrected chi connectivity index (χ2v) is 6.47. The number of hydrogen-bond acceptors (Lipinski definition) is 2. The summed E-state index contributed by atoms with van der Waals surface area (Å²) in [4.78, 5) is 0. The van der Waals surface area contributed by atoms with E-state index in [1.807, 2.05) is 0 Å². The van der Waals surface area contributed by atoms with Gasteiger partial charge in [-0.2, -0.15) is 0 Å². The summed E-state index contributed by atoms with van der Waals surface area (Å²) in [5, 5.41) is 3.58. The minimum Gasteiger partial charge on any atom is -0.494 e. The van der Waals surface area contributed by atoms with Crippen molar-refractivity contribution in [1.82, 2.24) is 5.32 Å². The van der Waals surface area contributed by atoms with Gasteiger partial charge in [0.15, 0.2) is 0 Å². The van der Waals surface area contributed by atoms with E-state index in [4.69, 9.17) is 4.74 Å². The number of ether oxygens (including phenoxy) is 1. The lowest BCUT2D eigenvalue weighted by molar-refractivity contribution is 0.156. The summed E-state index contributed by atoms with van der Waals surface area (Å²) < 4.78 is 5.73. The van der Waals surface area contributed by atoms with Crippen molar-refractivity contribution < 1.29 is 4.74 Å². The van der Waals surface area contributed by atoms with E-state index in [9.17, 15) is 0 Å². The van der Waals surface area contributed by atoms with Gasteiger partial charge >= 0.3 is 0 Å². The summed E-state index contributed by atoms with van der Waals surface area (Å²) >= 11 is 0. The Hall–Kier alpha value is -1.02. The van der Waals surface area contributed by atoms with Crippen LogP contribution in [-0.4, -0.2) is 13.2 Å². The first-order chi connectivity index (χ1) is 9.72. The smallest absolute Gasteiger partial charge is 0.119 e. The van der Waals surface area contributed by atoms with Crippen LogP contribution >= 0.6 is 0 Å². The third-order valence-electron chi connectivity index (χ3n) is 4.38. The average Bonchev–Trinajstić information content (AvgIpc) is 2.43. The predicted molar refractivity (Wildman–Crippen MR) is 85.1 cm³/mol. The van der Waals surface area contributed by atoms with Gasteiger partial charge < -0.3 is 10.1 Å². The van der Waals surface area contributed by atoms with E-state index >= 15 is 0 Å². The third-order valence-corrected chi connectivity index (χ3v) is 4.38. The van der Waals surface area contributed by atoms with E-state index in [1.54, 1.807) is 0 Å². The van der Waals surface area contributed by atoms with Crippen molar-refractivity contribution in [2.75, 3.05) is 13.2 Å². The lowest BCUT2D eigenvalue weighted by Crippen LogP contribution is -2.36. The molecule has 2 nitrogen and oxygen atoms in total. The largest absolute Gasteiger partial charge is 0.494 e. The molecule has 1 aromatic carbocycles. The van der Waals surface area contributed by atoms with Crippen LogP contribution in [0.15, 0.2) is 24.3 Å². The van der Waals surface area contributed by atoms with Gasteiger partial charge in [-0.25, -0.2) is 0 Å². The maximum absolute atomic E-state index is 5.73. The maximum Gasteiger partial charge on any atom is 0.119 e. The van der Waals surface area contributed by atoms with Crippen molar-refractivity contribution in [3.05, 3.63) is 29.8 Å². The molecule has 0 aliphatic heterocycles. The van der Waals surface area contributed by atoms with Crippen LogP contribution in [0.5, 0.6) is 5.75 Å². The SMILES string of the molecule is CCCCCOc1ccc(CNCC2(C)CCC2)cc1. The number of unbranched alkanes of at least 4 members (excludes halogenated alkanes) is 2. The molecule has 20 heavy (non-hydrogen) atoms. The van der Waals surface area contributed by atoms with Gasteiger partial charge in [-0.05, 0) is 42.4 Å². The van der Waals surface area contributed by atoms with E-state index < -0.39 is 0 Å². The molecule has 1 aromatic rings. The van der Waals surface area contributed by atoms with Crippen molar-refractivity contribution in [2.45, 2.75) is 58.9 Å². The number of benzene rings is 1. The molecule has 2 rings (SSSR count). The van der Waals surface area contributed by atoms with Crippen molar-refractivity contribution in [3.63, 3.8) is 0 Å². The molecular formula is C18H29NO. The highest BCUT2D eigenvalue weighted by Crippen LogP contribution is 2.39. The molecule has 0 aromatic heterocycles. The quantitative estimate of drug-likeness (QED) is 0.668. The molecule has 1 aliphatic carbocycles. The van der Waals surface area contributed by atoms with Crippen LogP contribution in [-0.2, 0) is 6.54 Å². The highest BCUT2D eigenvalue weighted by Gasteiger charge is 2.30. The first kappa shape index (κ1) is 15.4. The van der Waals surface area contributed by atoms with E-state index in [-0.39, 0.29) is 0 Å². The standard InChI is InChI=1S/C18H29NO/c1-3-4-5-13-20-17-9-7-16(8-10-17)14-19-15-18(2)11-6-12-18/h7-10,19H,3-6,11-15H2,1-2H3. The molecule has 1 fully saturated rings. The van der Waals surface area contributed by atoms with Gasteiger partial charge in [-0.1, -0.05) is 45.2 Å². The van der Waals surface area contributed by atoms with E-state index in [2.05, 4.69) is 43.4 Å². The normalized spacial score (nSPS) is 16.7. The van der Waals surface area contributed by atoms with Crippen LogP contribution in [0.2, 0.25) is 0 Å². The predicted octanol–water partition coefficient (Wildman–Crippen LogP) is 4.54. The summed E-state index contributed by atoms with van der Waals surface area (Å²) in [6.07, 6.45) is 7.81. The first-order valence-electron chi connectivity index (χ1n) is 8.14. The fourth-order valence-corrected chi connectivity index (χ4v) is 2.71. The Labute approximate surface area is 123 Å². The molecule has 0 bridgehead atoms. The monoisotopic (exact) mass is 275 g/mol. The maximum atomic E-state index is 5.73. The summed E-state index contributed by atoms with van der Waals surface area (Å²) in [6, 6.07) is 8.53. The van der Waals surface area contributed by atoms with Crippen molar-refractivity contribution in [2.24, 2.45) is 5.41 Å². The van der Waals surface area contributed by atoms with E-state index in [0.29, 0.717) is 5.41 Å². The van der Waals surface area contributed by atoms with Gasteiger partial charge in [0.25, 0.3) is 0 Å². The lowest BCUT2D eigenvalue weighted by atomic mass is 9.70. The van der Waals surface area contributed by atoms with Crippen LogP contribution in [0.25, 0.3) is 0 Å². The summed E-state index contributed by atoms with van der Waals surface area (Å²) in [6.45, 7) is 7.54. The van der Waals surface area contributed by atoms with Gasteiger partial charge in [0.1, 0.15) is 5.75 Å². The van der Waals surface area contributed by atoms with Crippen molar-refractivity contribution >= 4 is 0 Å². The number of nitrogens with one attached hydrogen (secondary N) is 1. The van der Waals surface area contributed by atoms with Crippen LogP contribution in [0.4, 0.5) is 0 Å². The molecule has 1 N–H and O–H groups in total. The molecule has 0 saturated heterocycles. The number of hydrogen-bond donors (Lipinski definition) is 1.